The summed E-state index contributed by atoms with van der Waals surface area (Å²) < 4.78 is 34.3. The Hall–Kier alpha value is -1.17. The number of sulfonamides is 1. The second kappa shape index (κ2) is 11.5. The maximum Gasteiger partial charge on any atom is 0.331 e. The van der Waals surface area contributed by atoms with Gasteiger partial charge in [-0.25, -0.2) is 17.9 Å². The van der Waals surface area contributed by atoms with Crippen LogP contribution >= 0.6 is 51.8 Å². The summed E-state index contributed by atoms with van der Waals surface area (Å²) in [6.07, 6.45) is 3.51. The summed E-state index contributed by atoms with van der Waals surface area (Å²) in [6.45, 7) is 2.81. The van der Waals surface area contributed by atoms with Gasteiger partial charge in [-0.2, -0.15) is 0 Å². The molecule has 2 saturated heterocycles. The number of thiol groups is 1. The van der Waals surface area contributed by atoms with Crippen molar-refractivity contribution >= 4 is 67.8 Å². The average Bonchev–Trinajstić information content (AvgIpc) is 2.83. The third kappa shape index (κ3) is 6.78. The normalized spacial score (nSPS) is 18.5. The van der Waals surface area contributed by atoms with E-state index in [0.29, 0.717) is 33.6 Å². The lowest BCUT2D eigenvalue weighted by molar-refractivity contribution is 0.0540. The van der Waals surface area contributed by atoms with Gasteiger partial charge in [-0.15, -0.1) is 12.6 Å². The highest BCUT2D eigenvalue weighted by Gasteiger charge is 2.32. The second-order valence-corrected chi connectivity index (χ2v) is 12.5. The van der Waals surface area contributed by atoms with E-state index in [1.54, 1.807) is 29.2 Å². The lowest BCUT2D eigenvalue weighted by atomic mass is 9.99. The number of likely N-dealkylation sites (tertiary alicyclic amines) is 2. The smallest absolute Gasteiger partial charge is 0.331 e. The Bertz CT molecular complexity index is 1190. The van der Waals surface area contributed by atoms with Crippen molar-refractivity contribution < 1.29 is 17.9 Å². The molecule has 2 aliphatic heterocycles. The van der Waals surface area contributed by atoms with Crippen molar-refractivity contribution in [2.24, 2.45) is 0 Å². The fraction of sp³-hybridized carbons (Fsp3) is 0.435. The van der Waals surface area contributed by atoms with Gasteiger partial charge in [0.15, 0.2) is 0 Å². The average molecular weight is 623 g/mol. The molecule has 2 amide bonds. The molecule has 2 fully saturated rings. The molecule has 2 aromatic rings. The summed E-state index contributed by atoms with van der Waals surface area (Å²) in [5.41, 5.74) is 0. The van der Waals surface area contributed by atoms with E-state index in [9.17, 15) is 13.2 Å². The van der Waals surface area contributed by atoms with E-state index in [2.05, 4.69) is 38.2 Å². The van der Waals surface area contributed by atoms with Crippen molar-refractivity contribution in [1.82, 2.24) is 14.5 Å². The molecule has 2 aromatic carbocycles. The molecule has 7 nitrogen and oxygen atoms in total. The van der Waals surface area contributed by atoms with Crippen LogP contribution in [-0.4, -0.2) is 62.6 Å². The van der Waals surface area contributed by atoms with Gasteiger partial charge in [-0.3, -0.25) is 4.90 Å². The molecule has 0 aromatic heterocycles. The summed E-state index contributed by atoms with van der Waals surface area (Å²) in [5, 5.41) is 0.985. The number of rotatable bonds is 5. The van der Waals surface area contributed by atoms with Crippen LogP contribution in [-0.2, 0) is 10.0 Å². The van der Waals surface area contributed by atoms with Crippen LogP contribution in [0.1, 0.15) is 25.7 Å². The highest BCUT2D eigenvalue weighted by molar-refractivity contribution is 9.10. The maximum absolute atomic E-state index is 12.7. The summed E-state index contributed by atoms with van der Waals surface area (Å²) in [7, 11) is -4.02. The molecular formula is C23H26BrCl2N3O4S2. The van der Waals surface area contributed by atoms with E-state index in [1.165, 1.54) is 6.07 Å². The van der Waals surface area contributed by atoms with Gasteiger partial charge in [0.25, 0.3) is 10.0 Å². The fourth-order valence-corrected chi connectivity index (χ4v) is 6.87. The van der Waals surface area contributed by atoms with Crippen molar-refractivity contribution in [1.29, 1.82) is 0 Å². The van der Waals surface area contributed by atoms with Crippen molar-refractivity contribution in [3.63, 3.8) is 0 Å². The van der Waals surface area contributed by atoms with E-state index in [-0.39, 0.29) is 15.9 Å². The molecule has 1 N–H and O–H groups in total. The first-order valence-corrected chi connectivity index (χ1v) is 14.8. The van der Waals surface area contributed by atoms with E-state index < -0.39 is 16.1 Å². The minimum absolute atomic E-state index is 0.0376. The number of carbonyl (C=O) groups excluding carboxylic acids is 1. The molecule has 2 aliphatic rings. The molecule has 0 bridgehead atoms. The molecule has 12 heteroatoms. The van der Waals surface area contributed by atoms with Gasteiger partial charge in [0.2, 0.25) is 0 Å². The van der Waals surface area contributed by atoms with Gasteiger partial charge in [0, 0.05) is 47.7 Å². The molecule has 35 heavy (non-hydrogen) atoms. The van der Waals surface area contributed by atoms with Crippen LogP contribution in [0.3, 0.4) is 0 Å². The first-order chi connectivity index (χ1) is 16.6. The second-order valence-electron chi connectivity index (χ2n) is 8.67. The number of nitrogens with one attached hydrogen (secondary N) is 1. The Morgan fingerprint density at radius 3 is 2.34 bits per heavy atom. The molecule has 4 rings (SSSR count). The zero-order chi connectivity index (χ0) is 25.2. The van der Waals surface area contributed by atoms with Gasteiger partial charge in [-0.05, 0) is 56.0 Å². The van der Waals surface area contributed by atoms with Crippen molar-refractivity contribution in [3.8, 4) is 5.75 Å². The molecule has 0 radical (unpaired) electrons. The summed E-state index contributed by atoms with van der Waals surface area (Å²) in [4.78, 5) is 16.9. The van der Waals surface area contributed by atoms with Crippen molar-refractivity contribution in [2.75, 3.05) is 26.2 Å². The number of urea groups is 1. The van der Waals surface area contributed by atoms with Crippen LogP contribution in [0.2, 0.25) is 10.0 Å². The maximum atomic E-state index is 12.7. The number of carbonyl (C=O) groups is 1. The third-order valence-electron chi connectivity index (χ3n) is 6.37. The van der Waals surface area contributed by atoms with Gasteiger partial charge in [0.1, 0.15) is 16.7 Å². The molecule has 190 valence electrons. The first kappa shape index (κ1) is 26.9. The minimum atomic E-state index is -4.02. The van der Waals surface area contributed by atoms with Gasteiger partial charge >= 0.3 is 6.03 Å². The molecule has 0 unspecified atom stereocenters. The Balaban J connectivity index is 1.25. The molecule has 0 saturated carbocycles. The molecule has 0 atom stereocenters. The zero-order valence-electron chi connectivity index (χ0n) is 18.8. The quantitative estimate of drug-likeness (QED) is 0.434. The monoisotopic (exact) mass is 621 g/mol. The Morgan fingerprint density at radius 2 is 1.69 bits per heavy atom. The highest BCUT2D eigenvalue weighted by Crippen LogP contribution is 2.29. The topological polar surface area (TPSA) is 79.0 Å². The van der Waals surface area contributed by atoms with Gasteiger partial charge in [0.05, 0.1) is 10.0 Å². The van der Waals surface area contributed by atoms with Crippen LogP contribution in [0.15, 0.2) is 50.7 Å². The van der Waals surface area contributed by atoms with Crippen LogP contribution in [0.5, 0.6) is 5.75 Å². The van der Waals surface area contributed by atoms with Crippen molar-refractivity contribution in [3.05, 3.63) is 50.9 Å². The fourth-order valence-electron chi connectivity index (χ4n) is 4.47. The SMILES string of the molecule is O=C(NS(=O)(=O)c1cc(Br)ccc1S)N1CCC(N2CCC(Oc3ccc(Cl)c(Cl)c3)CC2)CC1. The Morgan fingerprint density at radius 1 is 1.00 bits per heavy atom. The van der Waals surface area contributed by atoms with Crippen LogP contribution in [0.4, 0.5) is 4.79 Å². The number of amides is 2. The molecular weight excluding hydrogens is 597 g/mol. The van der Waals surface area contributed by atoms with Crippen molar-refractivity contribution in [2.45, 2.75) is 47.6 Å². The zero-order valence-corrected chi connectivity index (χ0v) is 23.6. The Labute approximate surface area is 229 Å². The van der Waals surface area contributed by atoms with E-state index in [1.807, 2.05) is 6.07 Å². The van der Waals surface area contributed by atoms with E-state index in [0.717, 1.165) is 44.5 Å². The summed E-state index contributed by atoms with van der Waals surface area (Å²) in [6, 6.07) is 9.74. The molecule has 2 heterocycles. The lowest BCUT2D eigenvalue weighted by Crippen LogP contribution is -2.52. The first-order valence-electron chi connectivity index (χ1n) is 11.3. The standard InChI is InChI=1S/C23H26BrCl2N3O4S2/c24-15-1-4-21(34)22(13-15)35(31,32)27-23(30)29-9-5-16(6-10-29)28-11-7-17(8-12-28)33-18-2-3-19(25)20(26)14-18/h1-4,13-14,16-17,34H,5-12H2,(H,27,30). The molecule has 0 aliphatic carbocycles. The summed E-state index contributed by atoms with van der Waals surface area (Å²) >= 11 is 19.5. The molecule has 0 spiro atoms. The third-order valence-corrected chi connectivity index (χ3v) is 9.51. The predicted molar refractivity (Wildman–Crippen MR) is 143 cm³/mol. The number of hydrogen-bond acceptors (Lipinski definition) is 6. The van der Waals surface area contributed by atoms with Crippen LogP contribution in [0, 0.1) is 0 Å². The number of ether oxygens (including phenoxy) is 1. The van der Waals surface area contributed by atoms with Crippen LogP contribution in [0.25, 0.3) is 0 Å². The number of benzene rings is 2. The highest BCUT2D eigenvalue weighted by atomic mass is 79.9. The summed E-state index contributed by atoms with van der Waals surface area (Å²) in [5.74, 6) is 0.722. The van der Waals surface area contributed by atoms with E-state index in [4.69, 9.17) is 27.9 Å². The Kier molecular flexibility index (Phi) is 8.82. The predicted octanol–water partition coefficient (Wildman–Crippen LogP) is 5.45. The van der Waals surface area contributed by atoms with Gasteiger partial charge in [-0.1, -0.05) is 39.1 Å². The largest absolute Gasteiger partial charge is 0.490 e. The number of hydrogen-bond donors (Lipinski definition) is 2. The van der Waals surface area contributed by atoms with Crippen LogP contribution < -0.4 is 9.46 Å². The van der Waals surface area contributed by atoms with E-state index >= 15 is 0 Å². The number of nitrogens with zero attached hydrogens (tertiary/aromatic N) is 2. The minimum Gasteiger partial charge on any atom is -0.490 e. The van der Waals surface area contributed by atoms with Gasteiger partial charge < -0.3 is 9.64 Å². The number of halogens is 3. The number of piperidine rings is 2. The lowest BCUT2D eigenvalue weighted by Gasteiger charge is -2.41.